The van der Waals surface area contributed by atoms with Gasteiger partial charge in [-0.2, -0.15) is 0 Å². The molecule has 1 aliphatic rings. The van der Waals surface area contributed by atoms with Gasteiger partial charge in [-0.25, -0.2) is 0 Å². The zero-order chi connectivity index (χ0) is 19.6. The summed E-state index contributed by atoms with van der Waals surface area (Å²) in [5, 5.41) is 0. The van der Waals surface area contributed by atoms with Crippen LogP contribution < -0.4 is 0 Å². The van der Waals surface area contributed by atoms with E-state index < -0.39 is 0 Å². The van der Waals surface area contributed by atoms with E-state index in [0.29, 0.717) is 19.8 Å². The van der Waals surface area contributed by atoms with E-state index in [1.165, 1.54) is 5.56 Å². The van der Waals surface area contributed by atoms with Crippen LogP contribution in [0.4, 0.5) is 0 Å². The predicted octanol–water partition coefficient (Wildman–Crippen LogP) is 4.67. The molecule has 1 saturated heterocycles. The topological polar surface area (TPSA) is 36.9 Å². The lowest BCUT2D eigenvalue weighted by atomic mass is 10.0. The quantitative estimate of drug-likeness (QED) is 0.577. The number of hydrogen-bond donors (Lipinski definition) is 0. The molecule has 0 amide bonds. The summed E-state index contributed by atoms with van der Waals surface area (Å²) in [5.74, 6) is 0.977. The van der Waals surface area contributed by atoms with Crippen LogP contribution in [0.15, 0.2) is 60.7 Å². The van der Waals surface area contributed by atoms with Crippen LogP contribution >= 0.6 is 11.8 Å². The van der Waals surface area contributed by atoms with Crippen LogP contribution in [-0.2, 0) is 32.2 Å². The molecule has 2 aromatic rings. The van der Waals surface area contributed by atoms with Crippen LogP contribution in [0.1, 0.15) is 24.5 Å². The first-order chi connectivity index (χ1) is 13.8. The van der Waals surface area contributed by atoms with Gasteiger partial charge in [-0.1, -0.05) is 67.6 Å². The zero-order valence-electron chi connectivity index (χ0n) is 16.7. The fraction of sp³-hybridized carbons (Fsp3) is 0.478. The summed E-state index contributed by atoms with van der Waals surface area (Å²) < 4.78 is 24.2. The van der Waals surface area contributed by atoms with Gasteiger partial charge < -0.3 is 18.9 Å². The summed E-state index contributed by atoms with van der Waals surface area (Å²) in [5.41, 5.74) is 2.33. The highest BCUT2D eigenvalue weighted by Gasteiger charge is 2.39. The van der Waals surface area contributed by atoms with Crippen LogP contribution in [0, 0.1) is 0 Å². The zero-order valence-corrected chi connectivity index (χ0v) is 17.5. The van der Waals surface area contributed by atoms with E-state index in [0.717, 1.165) is 17.7 Å². The molecule has 0 bridgehead atoms. The average molecular weight is 403 g/mol. The van der Waals surface area contributed by atoms with E-state index in [9.17, 15) is 0 Å². The van der Waals surface area contributed by atoms with Gasteiger partial charge in [0, 0.05) is 13.5 Å². The number of thioether (sulfide) groups is 1. The molecule has 0 spiro atoms. The summed E-state index contributed by atoms with van der Waals surface area (Å²) in [6.45, 7) is 3.82. The molecule has 1 aliphatic heterocycles. The van der Waals surface area contributed by atoms with Crippen molar-refractivity contribution in [3.05, 3.63) is 71.8 Å². The number of rotatable bonds is 10. The van der Waals surface area contributed by atoms with Crippen molar-refractivity contribution < 1.29 is 18.9 Å². The first-order valence-corrected chi connectivity index (χ1v) is 10.9. The Labute approximate surface area is 172 Å². The van der Waals surface area contributed by atoms with E-state index in [-0.39, 0.29) is 23.7 Å². The Morgan fingerprint density at radius 3 is 2.18 bits per heavy atom. The van der Waals surface area contributed by atoms with Gasteiger partial charge in [0.05, 0.1) is 32.0 Å². The number of ether oxygens (including phenoxy) is 4. The van der Waals surface area contributed by atoms with Gasteiger partial charge in [0.25, 0.3) is 0 Å². The maximum atomic E-state index is 6.36. The third-order valence-corrected chi connectivity index (χ3v) is 5.90. The van der Waals surface area contributed by atoms with Crippen molar-refractivity contribution in [3.63, 3.8) is 0 Å². The maximum Gasteiger partial charge on any atom is 0.130 e. The molecule has 3 rings (SSSR count). The van der Waals surface area contributed by atoms with Crippen LogP contribution in [0.5, 0.6) is 0 Å². The van der Waals surface area contributed by atoms with Gasteiger partial charge >= 0.3 is 0 Å². The van der Waals surface area contributed by atoms with Crippen molar-refractivity contribution in [2.75, 3.05) is 19.5 Å². The first-order valence-electron chi connectivity index (χ1n) is 9.87. The molecular weight excluding hydrogens is 372 g/mol. The minimum absolute atomic E-state index is 0.000444. The standard InChI is InChI=1S/C23H30O4S/c1-3-28-23-21(26-16-19-12-8-5-9-13-19)14-20(24-2)22(27-23)17-25-15-18-10-6-4-7-11-18/h4-13,20-23H,3,14-17H2,1-2H3/t20-,21+,22+,23?/m0/s1. The Morgan fingerprint density at radius 2 is 1.57 bits per heavy atom. The van der Waals surface area contributed by atoms with Crippen molar-refractivity contribution in [2.24, 2.45) is 0 Å². The van der Waals surface area contributed by atoms with Crippen LogP contribution in [0.3, 0.4) is 0 Å². The van der Waals surface area contributed by atoms with Gasteiger partial charge in [-0.05, 0) is 16.9 Å². The minimum atomic E-state index is -0.0886. The van der Waals surface area contributed by atoms with Gasteiger partial charge in [0.15, 0.2) is 0 Å². The normalized spacial score (nSPS) is 24.9. The third-order valence-electron chi connectivity index (χ3n) is 4.83. The lowest BCUT2D eigenvalue weighted by molar-refractivity contribution is -0.182. The molecule has 4 atom stereocenters. The Hall–Kier alpha value is -1.37. The summed E-state index contributed by atoms with van der Waals surface area (Å²) >= 11 is 1.78. The molecule has 1 heterocycles. The van der Waals surface area contributed by atoms with Crippen molar-refractivity contribution >= 4 is 11.8 Å². The molecule has 0 saturated carbocycles. The van der Waals surface area contributed by atoms with E-state index >= 15 is 0 Å². The summed E-state index contributed by atoms with van der Waals surface area (Å²) in [6, 6.07) is 20.4. The Balaban J connectivity index is 1.54. The molecule has 1 unspecified atom stereocenters. The first kappa shape index (κ1) is 21.3. The molecule has 5 heteroatoms. The second kappa shape index (κ2) is 11.6. The lowest BCUT2D eigenvalue weighted by Crippen LogP contribution is -2.49. The van der Waals surface area contributed by atoms with Crippen LogP contribution in [0.2, 0.25) is 0 Å². The maximum absolute atomic E-state index is 6.36. The lowest BCUT2D eigenvalue weighted by Gasteiger charge is -2.40. The van der Waals surface area contributed by atoms with Crippen molar-refractivity contribution in [1.82, 2.24) is 0 Å². The Morgan fingerprint density at radius 1 is 0.929 bits per heavy atom. The highest BCUT2D eigenvalue weighted by atomic mass is 32.2. The van der Waals surface area contributed by atoms with E-state index in [4.69, 9.17) is 18.9 Å². The smallest absolute Gasteiger partial charge is 0.130 e. The monoisotopic (exact) mass is 402 g/mol. The molecule has 0 N–H and O–H groups in total. The molecule has 0 aliphatic carbocycles. The van der Waals surface area contributed by atoms with Crippen LogP contribution in [0.25, 0.3) is 0 Å². The van der Waals surface area contributed by atoms with Crippen molar-refractivity contribution in [1.29, 1.82) is 0 Å². The van der Waals surface area contributed by atoms with E-state index in [1.54, 1.807) is 18.9 Å². The van der Waals surface area contributed by atoms with E-state index in [1.807, 2.05) is 36.4 Å². The molecule has 4 nitrogen and oxygen atoms in total. The predicted molar refractivity (Wildman–Crippen MR) is 113 cm³/mol. The highest BCUT2D eigenvalue weighted by molar-refractivity contribution is 7.99. The molecular formula is C23H30O4S. The van der Waals surface area contributed by atoms with Gasteiger partial charge in [0.1, 0.15) is 11.5 Å². The van der Waals surface area contributed by atoms with E-state index in [2.05, 4.69) is 31.2 Å². The van der Waals surface area contributed by atoms with Crippen LogP contribution in [-0.4, -0.2) is 43.2 Å². The number of hydrogen-bond acceptors (Lipinski definition) is 5. The fourth-order valence-electron chi connectivity index (χ4n) is 3.34. The summed E-state index contributed by atoms with van der Waals surface area (Å²) in [6.07, 6.45) is 0.681. The van der Waals surface area contributed by atoms with Gasteiger partial charge in [0.2, 0.25) is 0 Å². The second-order valence-electron chi connectivity index (χ2n) is 6.84. The van der Waals surface area contributed by atoms with Gasteiger partial charge in [-0.3, -0.25) is 0 Å². The highest BCUT2D eigenvalue weighted by Crippen LogP contribution is 2.32. The second-order valence-corrected chi connectivity index (χ2v) is 8.22. The molecule has 0 radical (unpaired) electrons. The van der Waals surface area contributed by atoms with Gasteiger partial charge in [-0.15, -0.1) is 11.8 Å². The largest absolute Gasteiger partial charge is 0.379 e. The number of methoxy groups -OCH3 is 1. The fourth-order valence-corrected chi connectivity index (χ4v) is 4.29. The SMILES string of the molecule is CCSC1O[C@H](COCc2ccccc2)[C@@H](OC)C[C@H]1OCc1ccccc1. The van der Waals surface area contributed by atoms with Crippen molar-refractivity contribution in [2.45, 2.75) is 50.3 Å². The molecule has 1 fully saturated rings. The minimum Gasteiger partial charge on any atom is -0.379 e. The molecule has 152 valence electrons. The Bertz CT molecular complexity index is 667. The third kappa shape index (κ3) is 6.33. The molecule has 28 heavy (non-hydrogen) atoms. The Kier molecular flexibility index (Phi) is 8.83. The average Bonchev–Trinajstić information content (AvgIpc) is 2.75. The van der Waals surface area contributed by atoms with Crippen molar-refractivity contribution in [3.8, 4) is 0 Å². The molecule has 2 aromatic carbocycles. The number of benzene rings is 2. The molecule has 0 aromatic heterocycles. The summed E-state index contributed by atoms with van der Waals surface area (Å²) in [7, 11) is 1.74. The summed E-state index contributed by atoms with van der Waals surface area (Å²) in [4.78, 5) is 0.